The van der Waals surface area contributed by atoms with Crippen LogP contribution in [-0.2, 0) is 4.79 Å². The van der Waals surface area contributed by atoms with Crippen molar-refractivity contribution in [3.63, 3.8) is 0 Å². The topological polar surface area (TPSA) is 78.4 Å². The van der Waals surface area contributed by atoms with Crippen molar-refractivity contribution in [2.75, 3.05) is 18.4 Å². The van der Waals surface area contributed by atoms with E-state index in [1.54, 1.807) is 19.1 Å². The van der Waals surface area contributed by atoms with E-state index in [2.05, 4.69) is 10.6 Å². The fourth-order valence-corrected chi connectivity index (χ4v) is 2.06. The Kier molecular flexibility index (Phi) is 3.85. The number of amides is 1. The van der Waals surface area contributed by atoms with Gasteiger partial charge in [0.2, 0.25) is 5.91 Å². The van der Waals surface area contributed by atoms with E-state index in [-0.39, 0.29) is 17.4 Å². The number of carbonyl (C=O) groups excluding carboxylic acids is 1. The Labute approximate surface area is 112 Å². The summed E-state index contributed by atoms with van der Waals surface area (Å²) in [7, 11) is 0. The van der Waals surface area contributed by atoms with E-state index in [0.717, 1.165) is 18.7 Å². The monoisotopic (exact) mass is 262 g/mol. The van der Waals surface area contributed by atoms with Crippen LogP contribution in [0.15, 0.2) is 18.2 Å². The largest absolute Gasteiger partial charge is 0.478 e. The maximum atomic E-state index is 12.1. The van der Waals surface area contributed by atoms with Gasteiger partial charge in [0.15, 0.2) is 0 Å². The first-order valence-corrected chi connectivity index (χ1v) is 6.34. The number of aryl methyl sites for hydroxylation is 1. The maximum Gasteiger partial charge on any atom is 0.335 e. The highest BCUT2D eigenvalue weighted by molar-refractivity contribution is 5.94. The second-order valence-electron chi connectivity index (χ2n) is 5.03. The van der Waals surface area contributed by atoms with Gasteiger partial charge in [-0.2, -0.15) is 0 Å². The Bertz CT molecular complexity index is 509. The maximum absolute atomic E-state index is 12.1. The predicted octanol–water partition coefficient (Wildman–Crippen LogP) is 1.49. The molecule has 1 fully saturated rings. The van der Waals surface area contributed by atoms with Crippen LogP contribution in [0.4, 0.5) is 5.69 Å². The minimum Gasteiger partial charge on any atom is -0.478 e. The third-order valence-electron chi connectivity index (χ3n) is 3.66. The van der Waals surface area contributed by atoms with Crippen LogP contribution in [-0.4, -0.2) is 30.1 Å². The second kappa shape index (κ2) is 5.40. The minimum atomic E-state index is -0.963. The summed E-state index contributed by atoms with van der Waals surface area (Å²) in [5, 5.41) is 14.9. The average molecular weight is 262 g/mol. The zero-order chi connectivity index (χ0) is 14.0. The molecule has 1 amide bonds. The number of carbonyl (C=O) groups is 2. The third-order valence-corrected chi connectivity index (χ3v) is 3.66. The fraction of sp³-hybridized carbons (Fsp3) is 0.429. The summed E-state index contributed by atoms with van der Waals surface area (Å²) in [5.41, 5.74) is 1.66. The van der Waals surface area contributed by atoms with Crippen LogP contribution in [0.2, 0.25) is 0 Å². The Morgan fingerprint density at radius 1 is 1.42 bits per heavy atom. The number of hydrogen-bond acceptors (Lipinski definition) is 3. The van der Waals surface area contributed by atoms with E-state index in [1.807, 2.05) is 6.92 Å². The molecule has 0 aromatic heterocycles. The average Bonchev–Trinajstić information content (AvgIpc) is 2.29. The molecule has 2 rings (SSSR count). The van der Waals surface area contributed by atoms with Crippen LogP contribution in [0.25, 0.3) is 0 Å². The van der Waals surface area contributed by atoms with Crippen molar-refractivity contribution in [2.45, 2.75) is 13.8 Å². The molecule has 1 aromatic carbocycles. The number of rotatable bonds is 4. The van der Waals surface area contributed by atoms with Gasteiger partial charge in [-0.3, -0.25) is 4.79 Å². The van der Waals surface area contributed by atoms with Crippen LogP contribution in [0, 0.1) is 18.8 Å². The standard InChI is InChI=1S/C14H18N2O3/c1-8-5-10(14(18)19)3-4-12(8)16-13(17)9(2)11-6-15-7-11/h3-5,9,11,15H,6-7H2,1-2H3,(H,16,17)(H,18,19). The van der Waals surface area contributed by atoms with Crippen molar-refractivity contribution in [2.24, 2.45) is 11.8 Å². The normalized spacial score (nSPS) is 16.5. The molecule has 5 heteroatoms. The number of nitrogens with one attached hydrogen (secondary N) is 2. The van der Waals surface area contributed by atoms with Gasteiger partial charge in [-0.15, -0.1) is 0 Å². The van der Waals surface area contributed by atoms with E-state index in [0.29, 0.717) is 11.6 Å². The van der Waals surface area contributed by atoms with Crippen molar-refractivity contribution in [1.29, 1.82) is 0 Å². The van der Waals surface area contributed by atoms with Crippen molar-refractivity contribution in [3.05, 3.63) is 29.3 Å². The highest BCUT2D eigenvalue weighted by Crippen LogP contribution is 2.21. The number of carboxylic acids is 1. The smallest absolute Gasteiger partial charge is 0.335 e. The number of anilines is 1. The SMILES string of the molecule is Cc1cc(C(=O)O)ccc1NC(=O)C(C)C1CNC1. The van der Waals surface area contributed by atoms with Crippen molar-refractivity contribution < 1.29 is 14.7 Å². The molecule has 3 N–H and O–H groups in total. The first-order chi connectivity index (χ1) is 8.99. The van der Waals surface area contributed by atoms with Crippen molar-refractivity contribution in [3.8, 4) is 0 Å². The molecule has 1 saturated heterocycles. The number of aromatic carboxylic acids is 1. The highest BCUT2D eigenvalue weighted by atomic mass is 16.4. The van der Waals surface area contributed by atoms with Gasteiger partial charge in [0.25, 0.3) is 0 Å². The predicted molar refractivity (Wildman–Crippen MR) is 72.3 cm³/mol. The van der Waals surface area contributed by atoms with Crippen LogP contribution in [0.3, 0.4) is 0 Å². The van der Waals surface area contributed by atoms with Crippen molar-refractivity contribution >= 4 is 17.6 Å². The van der Waals surface area contributed by atoms with Crippen LogP contribution in [0.5, 0.6) is 0 Å². The van der Waals surface area contributed by atoms with Gasteiger partial charge >= 0.3 is 5.97 Å². The summed E-state index contributed by atoms with van der Waals surface area (Å²) in [6.45, 7) is 5.47. The van der Waals surface area contributed by atoms with Crippen LogP contribution < -0.4 is 10.6 Å². The fourth-order valence-electron chi connectivity index (χ4n) is 2.06. The van der Waals surface area contributed by atoms with Gasteiger partial charge < -0.3 is 15.7 Å². The zero-order valence-electron chi connectivity index (χ0n) is 11.1. The lowest BCUT2D eigenvalue weighted by atomic mass is 9.88. The molecule has 5 nitrogen and oxygen atoms in total. The van der Waals surface area contributed by atoms with Crippen LogP contribution >= 0.6 is 0 Å². The summed E-state index contributed by atoms with van der Waals surface area (Å²) in [5.74, 6) is -0.633. The van der Waals surface area contributed by atoms with E-state index in [1.165, 1.54) is 6.07 Å². The highest BCUT2D eigenvalue weighted by Gasteiger charge is 2.28. The van der Waals surface area contributed by atoms with Gasteiger partial charge in [0.05, 0.1) is 5.56 Å². The first kappa shape index (κ1) is 13.5. The van der Waals surface area contributed by atoms with Gasteiger partial charge in [-0.1, -0.05) is 6.92 Å². The van der Waals surface area contributed by atoms with Gasteiger partial charge in [0.1, 0.15) is 0 Å². The van der Waals surface area contributed by atoms with E-state index >= 15 is 0 Å². The summed E-state index contributed by atoms with van der Waals surface area (Å²) in [6, 6.07) is 4.70. The minimum absolute atomic E-state index is 0.0160. The molecule has 1 aromatic rings. The summed E-state index contributed by atoms with van der Waals surface area (Å²) < 4.78 is 0. The quantitative estimate of drug-likeness (QED) is 0.768. The number of hydrogen-bond donors (Lipinski definition) is 3. The summed E-state index contributed by atoms with van der Waals surface area (Å²) in [6.07, 6.45) is 0. The molecule has 0 aliphatic carbocycles. The number of benzene rings is 1. The molecule has 0 spiro atoms. The lowest BCUT2D eigenvalue weighted by Crippen LogP contribution is -2.48. The van der Waals surface area contributed by atoms with Crippen LogP contribution in [0.1, 0.15) is 22.8 Å². The van der Waals surface area contributed by atoms with E-state index in [4.69, 9.17) is 5.11 Å². The second-order valence-corrected chi connectivity index (χ2v) is 5.03. The molecule has 0 bridgehead atoms. The lowest BCUT2D eigenvalue weighted by molar-refractivity contribution is -0.121. The van der Waals surface area contributed by atoms with Gasteiger partial charge in [0, 0.05) is 11.6 Å². The summed E-state index contributed by atoms with van der Waals surface area (Å²) in [4.78, 5) is 22.9. The molecular formula is C14H18N2O3. The Hall–Kier alpha value is -1.88. The Morgan fingerprint density at radius 3 is 2.58 bits per heavy atom. The molecular weight excluding hydrogens is 244 g/mol. The van der Waals surface area contributed by atoms with E-state index in [9.17, 15) is 9.59 Å². The molecule has 102 valence electrons. The molecule has 1 aliphatic heterocycles. The third kappa shape index (κ3) is 2.93. The molecule has 1 aliphatic rings. The molecule has 1 atom stereocenters. The van der Waals surface area contributed by atoms with Gasteiger partial charge in [-0.25, -0.2) is 4.79 Å². The first-order valence-electron chi connectivity index (χ1n) is 6.34. The van der Waals surface area contributed by atoms with Crippen molar-refractivity contribution in [1.82, 2.24) is 5.32 Å². The molecule has 19 heavy (non-hydrogen) atoms. The summed E-state index contributed by atoms with van der Waals surface area (Å²) >= 11 is 0. The molecule has 1 unspecified atom stereocenters. The Balaban J connectivity index is 2.06. The molecule has 1 heterocycles. The lowest BCUT2D eigenvalue weighted by Gasteiger charge is -2.31. The molecule has 0 saturated carbocycles. The number of carboxylic acid groups (broad SMARTS) is 1. The van der Waals surface area contributed by atoms with Gasteiger partial charge in [-0.05, 0) is 49.7 Å². The molecule has 0 radical (unpaired) electrons. The Morgan fingerprint density at radius 2 is 2.11 bits per heavy atom. The van der Waals surface area contributed by atoms with E-state index < -0.39 is 5.97 Å². The zero-order valence-corrected chi connectivity index (χ0v) is 11.1.